The zero-order valence-corrected chi connectivity index (χ0v) is 15.9. The Morgan fingerprint density at radius 1 is 1.22 bits per heavy atom. The summed E-state index contributed by atoms with van der Waals surface area (Å²) in [6.07, 6.45) is 0.630. The van der Waals surface area contributed by atoms with Gasteiger partial charge in [-0.1, -0.05) is 17.3 Å². The Balaban J connectivity index is 1.98. The standard InChI is InChI=1S/C19H26N4O4/c1-4-26-10-6-9-23(13-18(24)21-17-12-15(3)27-22-17)19(25)20-16-8-5-7-14(2)11-16/h5,7-8,11-12H,4,6,9-10,13H2,1-3H3,(H,20,25)(H,21,22,24). The van der Waals surface area contributed by atoms with Gasteiger partial charge in [-0.2, -0.15) is 0 Å². The van der Waals surface area contributed by atoms with Crippen molar-refractivity contribution >= 4 is 23.4 Å². The van der Waals surface area contributed by atoms with Crippen molar-refractivity contribution in [2.75, 3.05) is 36.9 Å². The number of hydrogen-bond donors (Lipinski definition) is 2. The van der Waals surface area contributed by atoms with Crippen LogP contribution in [0.4, 0.5) is 16.3 Å². The topological polar surface area (TPSA) is 96.7 Å². The summed E-state index contributed by atoms with van der Waals surface area (Å²) in [6, 6.07) is 8.76. The Bertz CT molecular complexity index is 760. The van der Waals surface area contributed by atoms with Gasteiger partial charge in [-0.05, 0) is 44.9 Å². The fourth-order valence-corrected chi connectivity index (χ4v) is 2.46. The molecule has 1 aromatic heterocycles. The fraction of sp³-hybridized carbons (Fsp3) is 0.421. The van der Waals surface area contributed by atoms with E-state index < -0.39 is 0 Å². The number of nitrogens with zero attached hydrogens (tertiary/aromatic N) is 2. The largest absolute Gasteiger partial charge is 0.382 e. The number of nitrogens with one attached hydrogen (secondary N) is 2. The minimum atomic E-state index is -0.348. The summed E-state index contributed by atoms with van der Waals surface area (Å²) in [5, 5.41) is 9.18. The number of urea groups is 1. The summed E-state index contributed by atoms with van der Waals surface area (Å²) in [5.41, 5.74) is 1.72. The molecule has 0 aliphatic heterocycles. The molecule has 2 rings (SSSR count). The van der Waals surface area contributed by atoms with Crippen molar-refractivity contribution < 1.29 is 18.8 Å². The van der Waals surface area contributed by atoms with Crippen LogP contribution >= 0.6 is 0 Å². The maximum Gasteiger partial charge on any atom is 0.322 e. The van der Waals surface area contributed by atoms with Crippen molar-refractivity contribution in [1.82, 2.24) is 10.1 Å². The number of aryl methyl sites for hydroxylation is 2. The van der Waals surface area contributed by atoms with Crippen LogP contribution in [-0.2, 0) is 9.53 Å². The van der Waals surface area contributed by atoms with E-state index in [1.807, 2.05) is 38.1 Å². The molecule has 0 unspecified atom stereocenters. The lowest BCUT2D eigenvalue weighted by molar-refractivity contribution is -0.116. The molecule has 0 aliphatic carbocycles. The third-order valence-corrected chi connectivity index (χ3v) is 3.71. The molecular formula is C19H26N4O4. The second-order valence-corrected chi connectivity index (χ2v) is 6.14. The molecule has 8 nitrogen and oxygen atoms in total. The number of benzene rings is 1. The molecule has 2 aromatic rings. The van der Waals surface area contributed by atoms with Gasteiger partial charge in [-0.3, -0.25) is 4.79 Å². The summed E-state index contributed by atoms with van der Waals surface area (Å²) in [5.74, 6) is 0.570. The van der Waals surface area contributed by atoms with Gasteiger partial charge in [-0.25, -0.2) is 4.79 Å². The molecule has 0 saturated heterocycles. The van der Waals surface area contributed by atoms with Crippen LogP contribution in [0.25, 0.3) is 0 Å². The summed E-state index contributed by atoms with van der Waals surface area (Å²) in [7, 11) is 0. The molecule has 27 heavy (non-hydrogen) atoms. The maximum absolute atomic E-state index is 12.6. The lowest BCUT2D eigenvalue weighted by Gasteiger charge is -2.22. The molecule has 146 valence electrons. The molecule has 8 heteroatoms. The highest BCUT2D eigenvalue weighted by molar-refractivity contribution is 5.96. The predicted molar refractivity (Wildman–Crippen MR) is 103 cm³/mol. The highest BCUT2D eigenvalue weighted by Gasteiger charge is 2.18. The highest BCUT2D eigenvalue weighted by atomic mass is 16.5. The maximum atomic E-state index is 12.6. The smallest absolute Gasteiger partial charge is 0.322 e. The molecule has 2 N–H and O–H groups in total. The zero-order chi connectivity index (χ0) is 19.6. The number of ether oxygens (including phenoxy) is 1. The number of rotatable bonds is 9. The van der Waals surface area contributed by atoms with Gasteiger partial charge in [0.15, 0.2) is 5.82 Å². The number of anilines is 2. The SMILES string of the molecule is CCOCCCN(CC(=O)Nc1cc(C)on1)C(=O)Nc1cccc(C)c1. The van der Waals surface area contributed by atoms with E-state index in [0.717, 1.165) is 5.56 Å². The number of amides is 3. The van der Waals surface area contributed by atoms with E-state index >= 15 is 0 Å². The first-order valence-corrected chi connectivity index (χ1v) is 8.91. The molecule has 0 bridgehead atoms. The highest BCUT2D eigenvalue weighted by Crippen LogP contribution is 2.11. The Kier molecular flexibility index (Phi) is 7.81. The monoisotopic (exact) mass is 374 g/mol. The van der Waals surface area contributed by atoms with Gasteiger partial charge in [0.1, 0.15) is 12.3 Å². The summed E-state index contributed by atoms with van der Waals surface area (Å²) in [4.78, 5) is 26.4. The molecule has 3 amide bonds. The van der Waals surface area contributed by atoms with Crippen LogP contribution in [0, 0.1) is 13.8 Å². The molecule has 1 heterocycles. The lowest BCUT2D eigenvalue weighted by Crippen LogP contribution is -2.41. The van der Waals surface area contributed by atoms with Gasteiger partial charge in [0.2, 0.25) is 5.91 Å². The molecule has 0 saturated carbocycles. The van der Waals surface area contributed by atoms with Crippen LogP contribution in [0.2, 0.25) is 0 Å². The molecule has 0 radical (unpaired) electrons. The van der Waals surface area contributed by atoms with Crippen LogP contribution in [0.5, 0.6) is 0 Å². The second-order valence-electron chi connectivity index (χ2n) is 6.14. The van der Waals surface area contributed by atoms with Gasteiger partial charge in [0, 0.05) is 31.5 Å². The third kappa shape index (κ3) is 7.10. The van der Waals surface area contributed by atoms with Crippen LogP contribution in [-0.4, -0.2) is 48.3 Å². The second kappa shape index (κ2) is 10.3. The molecule has 0 aliphatic rings. The molecular weight excluding hydrogens is 348 g/mol. The van der Waals surface area contributed by atoms with Gasteiger partial charge < -0.3 is 24.8 Å². The first-order chi connectivity index (χ1) is 13.0. The van der Waals surface area contributed by atoms with Crippen LogP contribution < -0.4 is 10.6 Å². The van der Waals surface area contributed by atoms with Gasteiger partial charge >= 0.3 is 6.03 Å². The van der Waals surface area contributed by atoms with Gasteiger partial charge in [0.25, 0.3) is 0 Å². The van der Waals surface area contributed by atoms with Crippen LogP contribution in [0.15, 0.2) is 34.9 Å². The average Bonchev–Trinajstić information content (AvgIpc) is 3.02. The Hall–Kier alpha value is -2.87. The molecule has 0 atom stereocenters. The minimum absolute atomic E-state index is 0.102. The Labute approximate surface area is 158 Å². The first-order valence-electron chi connectivity index (χ1n) is 8.91. The number of carbonyl (C=O) groups is 2. The molecule has 0 fully saturated rings. The quantitative estimate of drug-likeness (QED) is 0.657. The van der Waals surface area contributed by atoms with E-state index in [2.05, 4.69) is 15.8 Å². The predicted octanol–water partition coefficient (Wildman–Crippen LogP) is 3.19. The zero-order valence-electron chi connectivity index (χ0n) is 15.9. The average molecular weight is 374 g/mol. The number of hydrogen-bond acceptors (Lipinski definition) is 5. The number of carbonyl (C=O) groups excluding carboxylic acids is 2. The summed E-state index contributed by atoms with van der Waals surface area (Å²) < 4.78 is 10.2. The first kappa shape index (κ1) is 20.4. The normalized spacial score (nSPS) is 10.5. The van der Waals surface area contributed by atoms with Crippen molar-refractivity contribution in [2.45, 2.75) is 27.2 Å². The number of aromatic nitrogens is 1. The minimum Gasteiger partial charge on any atom is -0.382 e. The van der Waals surface area contributed by atoms with Crippen molar-refractivity contribution in [3.05, 3.63) is 41.7 Å². The van der Waals surface area contributed by atoms with E-state index in [0.29, 0.717) is 43.4 Å². The van der Waals surface area contributed by atoms with Crippen molar-refractivity contribution in [2.24, 2.45) is 0 Å². The van der Waals surface area contributed by atoms with Crippen molar-refractivity contribution in [1.29, 1.82) is 0 Å². The van der Waals surface area contributed by atoms with E-state index in [4.69, 9.17) is 9.26 Å². The van der Waals surface area contributed by atoms with Crippen molar-refractivity contribution in [3.63, 3.8) is 0 Å². The van der Waals surface area contributed by atoms with Crippen molar-refractivity contribution in [3.8, 4) is 0 Å². The van der Waals surface area contributed by atoms with Gasteiger partial charge in [0.05, 0.1) is 0 Å². The summed E-state index contributed by atoms with van der Waals surface area (Å²) >= 11 is 0. The molecule has 0 spiro atoms. The van der Waals surface area contributed by atoms with E-state index in [-0.39, 0.29) is 18.5 Å². The third-order valence-electron chi connectivity index (χ3n) is 3.71. The fourth-order valence-electron chi connectivity index (χ4n) is 2.46. The lowest BCUT2D eigenvalue weighted by atomic mass is 10.2. The van der Waals surface area contributed by atoms with E-state index in [1.165, 1.54) is 4.90 Å². The Morgan fingerprint density at radius 3 is 2.70 bits per heavy atom. The van der Waals surface area contributed by atoms with Crippen LogP contribution in [0.1, 0.15) is 24.7 Å². The Morgan fingerprint density at radius 2 is 2.04 bits per heavy atom. The summed E-state index contributed by atoms with van der Waals surface area (Å²) in [6.45, 7) is 7.02. The van der Waals surface area contributed by atoms with E-state index in [1.54, 1.807) is 13.0 Å². The van der Waals surface area contributed by atoms with Crippen LogP contribution in [0.3, 0.4) is 0 Å². The van der Waals surface area contributed by atoms with E-state index in [9.17, 15) is 9.59 Å². The van der Waals surface area contributed by atoms with Gasteiger partial charge in [-0.15, -0.1) is 0 Å². The molecule has 1 aromatic carbocycles.